The topological polar surface area (TPSA) is 49.8 Å². The van der Waals surface area contributed by atoms with Crippen molar-refractivity contribution in [3.05, 3.63) is 108 Å². The third-order valence-corrected chi connectivity index (χ3v) is 7.39. The van der Waals surface area contributed by atoms with Gasteiger partial charge in [0.1, 0.15) is 12.6 Å². The lowest BCUT2D eigenvalue weighted by Gasteiger charge is -2.42. The molecule has 4 atom stereocenters. The zero-order valence-electron chi connectivity index (χ0n) is 18.8. The summed E-state index contributed by atoms with van der Waals surface area (Å²) in [4.78, 5) is 15.6. The quantitative estimate of drug-likeness (QED) is 0.543. The van der Waals surface area contributed by atoms with Crippen LogP contribution < -0.4 is 0 Å². The van der Waals surface area contributed by atoms with Crippen LogP contribution in [0.3, 0.4) is 0 Å². The van der Waals surface area contributed by atoms with Crippen molar-refractivity contribution in [1.82, 2.24) is 4.90 Å². The minimum absolute atomic E-state index is 0.137. The zero-order chi connectivity index (χ0) is 22.7. The van der Waals surface area contributed by atoms with Crippen molar-refractivity contribution in [3.63, 3.8) is 0 Å². The van der Waals surface area contributed by atoms with Gasteiger partial charge in [-0.25, -0.2) is 0 Å². The van der Waals surface area contributed by atoms with Gasteiger partial charge in [-0.15, -0.1) is 0 Å². The van der Waals surface area contributed by atoms with Crippen LogP contribution in [0.15, 0.2) is 91.0 Å². The molecule has 0 radical (unpaired) electrons. The first-order valence-electron chi connectivity index (χ1n) is 11.9. The molecule has 3 unspecified atom stereocenters. The van der Waals surface area contributed by atoms with Gasteiger partial charge in [-0.2, -0.15) is 0 Å². The van der Waals surface area contributed by atoms with Crippen LogP contribution >= 0.6 is 0 Å². The molecule has 3 aromatic rings. The van der Waals surface area contributed by atoms with Crippen molar-refractivity contribution < 1.29 is 14.6 Å². The van der Waals surface area contributed by atoms with E-state index in [-0.39, 0.29) is 18.1 Å². The van der Waals surface area contributed by atoms with Crippen molar-refractivity contribution in [3.8, 4) is 0 Å². The van der Waals surface area contributed by atoms with E-state index in [1.807, 2.05) is 78.9 Å². The summed E-state index contributed by atoms with van der Waals surface area (Å²) < 4.78 is 5.78. The van der Waals surface area contributed by atoms with Gasteiger partial charge in [-0.05, 0) is 48.3 Å². The number of esters is 1. The standard InChI is InChI=1S/C29H31NO3/c31-28(33-21-23-12-6-2-7-13-23)26-18-24-16-17-29(32,25-14-8-3-9-15-25)19-27(24)30(26)20-22-10-4-1-5-11-22/h1-15,24,26-27,32H,16-21H2/t24?,26?,27-,29?/m1/s1. The molecular formula is C29H31NO3. The summed E-state index contributed by atoms with van der Waals surface area (Å²) in [5.41, 5.74) is 2.28. The number of ether oxygens (including phenoxy) is 1. The SMILES string of the molecule is O=C(OCc1ccccc1)C1CC2CCC(O)(c3ccccc3)C[C@H]2N1Cc1ccccc1. The van der Waals surface area contributed by atoms with Gasteiger partial charge in [-0.1, -0.05) is 91.0 Å². The predicted octanol–water partition coefficient (Wildman–Crippen LogP) is 5.06. The average molecular weight is 442 g/mol. The third kappa shape index (κ3) is 4.73. The fourth-order valence-electron chi connectivity index (χ4n) is 5.64. The van der Waals surface area contributed by atoms with E-state index >= 15 is 0 Å². The lowest BCUT2D eigenvalue weighted by atomic mass is 9.72. The smallest absolute Gasteiger partial charge is 0.323 e. The number of hydrogen-bond acceptors (Lipinski definition) is 4. The molecule has 5 rings (SSSR count). The number of likely N-dealkylation sites (tertiary alicyclic amines) is 1. The fourth-order valence-corrected chi connectivity index (χ4v) is 5.64. The molecule has 1 N–H and O–H groups in total. The minimum Gasteiger partial charge on any atom is -0.460 e. The largest absolute Gasteiger partial charge is 0.460 e. The number of fused-ring (bicyclic) bond motifs is 1. The Balaban J connectivity index is 1.38. The van der Waals surface area contributed by atoms with Crippen molar-refractivity contribution in [2.45, 2.75) is 56.5 Å². The second kappa shape index (κ2) is 9.50. The first kappa shape index (κ1) is 21.9. The Morgan fingerprint density at radius 3 is 2.18 bits per heavy atom. The lowest BCUT2D eigenvalue weighted by molar-refractivity contribution is -0.151. The van der Waals surface area contributed by atoms with Crippen LogP contribution in [-0.4, -0.2) is 28.1 Å². The van der Waals surface area contributed by atoms with Crippen LogP contribution in [0.4, 0.5) is 0 Å². The lowest BCUT2D eigenvalue weighted by Crippen LogP contribution is -2.47. The van der Waals surface area contributed by atoms with E-state index in [9.17, 15) is 9.90 Å². The van der Waals surface area contributed by atoms with Crippen LogP contribution in [0.5, 0.6) is 0 Å². The van der Waals surface area contributed by atoms with Crippen LogP contribution in [0.2, 0.25) is 0 Å². The minimum atomic E-state index is -0.861. The van der Waals surface area contributed by atoms with E-state index in [4.69, 9.17) is 4.74 Å². The summed E-state index contributed by atoms with van der Waals surface area (Å²) in [6.45, 7) is 0.969. The molecule has 33 heavy (non-hydrogen) atoms. The van der Waals surface area contributed by atoms with Crippen LogP contribution in [0.25, 0.3) is 0 Å². The van der Waals surface area contributed by atoms with E-state index in [0.29, 0.717) is 25.5 Å². The van der Waals surface area contributed by atoms with Crippen LogP contribution in [0.1, 0.15) is 42.4 Å². The number of carbonyl (C=O) groups is 1. The highest BCUT2D eigenvalue weighted by Crippen LogP contribution is 2.48. The summed E-state index contributed by atoms with van der Waals surface area (Å²) in [6, 6.07) is 29.9. The van der Waals surface area contributed by atoms with Gasteiger partial charge in [-0.3, -0.25) is 9.69 Å². The Morgan fingerprint density at radius 2 is 1.52 bits per heavy atom. The fraction of sp³-hybridized carbons (Fsp3) is 0.345. The Labute approximate surface area is 195 Å². The predicted molar refractivity (Wildman–Crippen MR) is 128 cm³/mol. The molecule has 3 aromatic carbocycles. The normalized spacial score (nSPS) is 27.1. The van der Waals surface area contributed by atoms with E-state index in [2.05, 4.69) is 17.0 Å². The Morgan fingerprint density at radius 1 is 0.909 bits per heavy atom. The summed E-state index contributed by atoms with van der Waals surface area (Å²) in [6.07, 6.45) is 3.06. The zero-order valence-corrected chi connectivity index (χ0v) is 18.8. The summed E-state index contributed by atoms with van der Waals surface area (Å²) >= 11 is 0. The summed E-state index contributed by atoms with van der Waals surface area (Å²) in [5, 5.41) is 11.6. The maximum atomic E-state index is 13.3. The van der Waals surface area contributed by atoms with E-state index < -0.39 is 5.60 Å². The second-order valence-electron chi connectivity index (χ2n) is 9.47. The average Bonchev–Trinajstić information content (AvgIpc) is 3.21. The number of benzene rings is 3. The number of hydrogen-bond donors (Lipinski definition) is 1. The maximum Gasteiger partial charge on any atom is 0.323 e. The van der Waals surface area contributed by atoms with Gasteiger partial charge in [0.05, 0.1) is 5.60 Å². The molecule has 2 aliphatic rings. The van der Waals surface area contributed by atoms with Gasteiger partial charge in [0.2, 0.25) is 0 Å². The molecule has 0 bridgehead atoms. The maximum absolute atomic E-state index is 13.3. The second-order valence-corrected chi connectivity index (χ2v) is 9.47. The van der Waals surface area contributed by atoms with E-state index in [0.717, 1.165) is 30.4 Å². The van der Waals surface area contributed by atoms with Gasteiger partial charge < -0.3 is 9.84 Å². The molecule has 0 spiro atoms. The van der Waals surface area contributed by atoms with Crippen LogP contribution in [0, 0.1) is 5.92 Å². The molecule has 1 saturated carbocycles. The highest BCUT2D eigenvalue weighted by molar-refractivity contribution is 5.76. The van der Waals surface area contributed by atoms with E-state index in [1.54, 1.807) is 0 Å². The molecule has 2 fully saturated rings. The van der Waals surface area contributed by atoms with Gasteiger partial charge in [0, 0.05) is 12.6 Å². The molecule has 170 valence electrons. The monoisotopic (exact) mass is 441 g/mol. The van der Waals surface area contributed by atoms with Crippen LogP contribution in [-0.2, 0) is 28.3 Å². The highest BCUT2D eigenvalue weighted by atomic mass is 16.5. The summed E-state index contributed by atoms with van der Waals surface area (Å²) in [7, 11) is 0. The molecule has 0 aromatic heterocycles. The Kier molecular flexibility index (Phi) is 6.30. The van der Waals surface area contributed by atoms with Crippen molar-refractivity contribution in [1.29, 1.82) is 0 Å². The van der Waals surface area contributed by atoms with Crippen molar-refractivity contribution in [2.24, 2.45) is 5.92 Å². The summed E-state index contributed by atoms with van der Waals surface area (Å²) in [5.74, 6) is 0.222. The number of carbonyl (C=O) groups excluding carboxylic acids is 1. The third-order valence-electron chi connectivity index (χ3n) is 7.39. The molecule has 1 aliphatic carbocycles. The van der Waals surface area contributed by atoms with Crippen molar-refractivity contribution >= 4 is 5.97 Å². The molecule has 1 heterocycles. The molecule has 1 saturated heterocycles. The highest BCUT2D eigenvalue weighted by Gasteiger charge is 2.51. The first-order chi connectivity index (χ1) is 16.1. The number of nitrogens with zero attached hydrogens (tertiary/aromatic N) is 1. The Bertz CT molecular complexity index is 1060. The number of rotatable bonds is 6. The molecule has 4 nitrogen and oxygen atoms in total. The molecular weight excluding hydrogens is 410 g/mol. The first-order valence-corrected chi connectivity index (χ1v) is 11.9. The van der Waals surface area contributed by atoms with Crippen molar-refractivity contribution in [2.75, 3.05) is 0 Å². The molecule has 0 amide bonds. The molecule has 4 heteroatoms. The van der Waals surface area contributed by atoms with Gasteiger partial charge >= 0.3 is 5.97 Å². The van der Waals surface area contributed by atoms with E-state index in [1.165, 1.54) is 5.56 Å². The number of aliphatic hydroxyl groups is 1. The molecule has 1 aliphatic heterocycles. The van der Waals surface area contributed by atoms with Gasteiger partial charge in [0.25, 0.3) is 0 Å². The van der Waals surface area contributed by atoms with Gasteiger partial charge in [0.15, 0.2) is 0 Å². The Hall–Kier alpha value is -2.95.